The van der Waals surface area contributed by atoms with Crippen LogP contribution >= 0.6 is 11.6 Å². The van der Waals surface area contributed by atoms with Crippen molar-refractivity contribution in [1.29, 1.82) is 0 Å². The Kier molecular flexibility index (Phi) is 8.17. The zero-order valence-corrected chi connectivity index (χ0v) is 9.87. The van der Waals surface area contributed by atoms with E-state index in [-0.39, 0.29) is 0 Å². The molecule has 0 rings (SSSR count). The predicted octanol–water partition coefficient (Wildman–Crippen LogP) is 0.310. The summed E-state index contributed by atoms with van der Waals surface area (Å²) in [7, 11) is -3.03. The lowest BCUT2D eigenvalue weighted by Crippen LogP contribution is -2.26. The van der Waals surface area contributed by atoms with Gasteiger partial charge in [-0.1, -0.05) is 12.2 Å². The second-order valence-corrected chi connectivity index (χ2v) is 4.99. The molecule has 0 bridgehead atoms. The molecule has 2 N–H and O–H groups in total. The van der Waals surface area contributed by atoms with E-state index in [1.165, 1.54) is 0 Å². The Balaban J connectivity index is 3.19. The van der Waals surface area contributed by atoms with Gasteiger partial charge < -0.3 is 5.32 Å². The zero-order chi connectivity index (χ0) is 10.9. The highest BCUT2D eigenvalue weighted by Gasteiger charge is 1.97. The molecule has 0 aliphatic rings. The van der Waals surface area contributed by atoms with Crippen LogP contribution in [0.2, 0.25) is 0 Å². The van der Waals surface area contributed by atoms with Gasteiger partial charge in [0.2, 0.25) is 10.0 Å². The smallest absolute Gasteiger partial charge is 0.208 e. The van der Waals surface area contributed by atoms with Crippen LogP contribution in [-0.4, -0.2) is 40.2 Å². The largest absolute Gasteiger partial charge is 0.313 e. The van der Waals surface area contributed by atoms with E-state index in [1.54, 1.807) is 0 Å². The zero-order valence-electron chi connectivity index (χ0n) is 8.29. The number of rotatable bonds is 8. The first-order chi connectivity index (χ1) is 6.56. The van der Waals surface area contributed by atoms with Crippen molar-refractivity contribution < 1.29 is 8.42 Å². The first kappa shape index (κ1) is 13.9. The van der Waals surface area contributed by atoms with Crippen LogP contribution in [0.3, 0.4) is 0 Å². The first-order valence-electron chi connectivity index (χ1n) is 4.42. The highest BCUT2D eigenvalue weighted by molar-refractivity contribution is 7.88. The third kappa shape index (κ3) is 11.9. The van der Waals surface area contributed by atoms with Gasteiger partial charge in [0.15, 0.2) is 0 Å². The van der Waals surface area contributed by atoms with Gasteiger partial charge in [-0.3, -0.25) is 0 Å². The van der Waals surface area contributed by atoms with Crippen LogP contribution in [0.1, 0.15) is 6.42 Å². The van der Waals surface area contributed by atoms with E-state index < -0.39 is 10.0 Å². The number of hydrogen-bond acceptors (Lipinski definition) is 3. The predicted molar refractivity (Wildman–Crippen MR) is 60.2 cm³/mol. The quantitative estimate of drug-likeness (QED) is 0.365. The Labute approximate surface area is 90.8 Å². The number of sulfonamides is 1. The Hall–Kier alpha value is -0.100. The molecule has 0 unspecified atom stereocenters. The fourth-order valence-electron chi connectivity index (χ4n) is 0.803. The average molecular weight is 241 g/mol. The lowest BCUT2D eigenvalue weighted by Gasteiger charge is -2.02. The maximum absolute atomic E-state index is 10.6. The molecule has 0 aliphatic carbocycles. The third-order valence-electron chi connectivity index (χ3n) is 1.41. The molecule has 0 atom stereocenters. The van der Waals surface area contributed by atoms with Crippen LogP contribution in [0.15, 0.2) is 12.2 Å². The van der Waals surface area contributed by atoms with Crippen molar-refractivity contribution in [3.8, 4) is 0 Å². The van der Waals surface area contributed by atoms with Gasteiger partial charge >= 0.3 is 0 Å². The topological polar surface area (TPSA) is 58.2 Å². The van der Waals surface area contributed by atoms with Gasteiger partial charge in [-0.05, 0) is 13.0 Å². The Morgan fingerprint density at radius 1 is 1.29 bits per heavy atom. The summed E-state index contributed by atoms with van der Waals surface area (Å²) < 4.78 is 23.7. The number of halogens is 1. The minimum atomic E-state index is -3.03. The number of nitrogens with one attached hydrogen (secondary N) is 2. The molecule has 14 heavy (non-hydrogen) atoms. The molecule has 0 aromatic carbocycles. The van der Waals surface area contributed by atoms with Crippen LogP contribution in [0.25, 0.3) is 0 Å². The second kappa shape index (κ2) is 8.23. The van der Waals surface area contributed by atoms with Crippen LogP contribution < -0.4 is 10.0 Å². The van der Waals surface area contributed by atoms with E-state index >= 15 is 0 Å². The standard InChI is InChI=1S/C8H17ClN2O2S/c1-14(12,13)11-8-4-7-10-6-3-2-5-9/h2-3,10-11H,4-8H2,1H3/b3-2+. The normalized spacial score (nSPS) is 12.4. The van der Waals surface area contributed by atoms with E-state index in [4.69, 9.17) is 11.6 Å². The Morgan fingerprint density at radius 2 is 2.00 bits per heavy atom. The van der Waals surface area contributed by atoms with Crippen molar-refractivity contribution in [2.45, 2.75) is 6.42 Å². The first-order valence-corrected chi connectivity index (χ1v) is 6.85. The van der Waals surface area contributed by atoms with Gasteiger partial charge in [0, 0.05) is 19.0 Å². The summed E-state index contributed by atoms with van der Waals surface area (Å²) in [5.41, 5.74) is 0. The summed E-state index contributed by atoms with van der Waals surface area (Å²) in [5, 5.41) is 3.13. The van der Waals surface area contributed by atoms with Crippen LogP contribution in [0.4, 0.5) is 0 Å². The molecule has 6 heteroatoms. The maximum atomic E-state index is 10.6. The summed E-state index contributed by atoms with van der Waals surface area (Å²) in [6.07, 6.45) is 5.74. The van der Waals surface area contributed by atoms with Crippen molar-refractivity contribution in [2.75, 3.05) is 31.8 Å². The molecule has 0 saturated carbocycles. The number of alkyl halides is 1. The molecule has 84 valence electrons. The van der Waals surface area contributed by atoms with Gasteiger partial charge in [0.25, 0.3) is 0 Å². The van der Waals surface area contributed by atoms with E-state index in [9.17, 15) is 8.42 Å². The molecule has 0 heterocycles. The van der Waals surface area contributed by atoms with Crippen LogP contribution in [0.5, 0.6) is 0 Å². The van der Waals surface area contributed by atoms with Crippen molar-refractivity contribution in [1.82, 2.24) is 10.0 Å². The summed E-state index contributed by atoms with van der Waals surface area (Å²) in [4.78, 5) is 0. The van der Waals surface area contributed by atoms with Crippen molar-refractivity contribution in [3.63, 3.8) is 0 Å². The lowest BCUT2D eigenvalue weighted by atomic mass is 10.4. The van der Waals surface area contributed by atoms with E-state index in [2.05, 4.69) is 10.0 Å². The highest BCUT2D eigenvalue weighted by atomic mass is 35.5. The lowest BCUT2D eigenvalue weighted by molar-refractivity contribution is 0.582. The van der Waals surface area contributed by atoms with Gasteiger partial charge in [-0.15, -0.1) is 11.6 Å². The Morgan fingerprint density at radius 3 is 2.57 bits per heavy atom. The molecule has 0 aliphatic heterocycles. The monoisotopic (exact) mass is 240 g/mol. The van der Waals surface area contributed by atoms with Crippen LogP contribution in [-0.2, 0) is 10.0 Å². The molecule has 0 radical (unpaired) electrons. The van der Waals surface area contributed by atoms with Crippen molar-refractivity contribution >= 4 is 21.6 Å². The van der Waals surface area contributed by atoms with E-state index in [1.807, 2.05) is 12.2 Å². The Bertz CT molecular complexity index is 252. The van der Waals surface area contributed by atoms with Crippen LogP contribution in [0, 0.1) is 0 Å². The van der Waals surface area contributed by atoms with E-state index in [0.29, 0.717) is 12.4 Å². The molecule has 0 fully saturated rings. The maximum Gasteiger partial charge on any atom is 0.208 e. The highest BCUT2D eigenvalue weighted by Crippen LogP contribution is 1.79. The van der Waals surface area contributed by atoms with Gasteiger partial charge in [0.05, 0.1) is 6.26 Å². The summed E-state index contributed by atoms with van der Waals surface area (Å²) >= 11 is 5.42. The minimum Gasteiger partial charge on any atom is -0.313 e. The molecular formula is C8H17ClN2O2S. The van der Waals surface area contributed by atoms with Gasteiger partial charge in [-0.2, -0.15) is 0 Å². The van der Waals surface area contributed by atoms with Crippen molar-refractivity contribution in [2.24, 2.45) is 0 Å². The molecule has 0 saturated heterocycles. The summed E-state index contributed by atoms with van der Waals surface area (Å²) in [6, 6.07) is 0. The molecule has 0 amide bonds. The third-order valence-corrected chi connectivity index (χ3v) is 2.32. The van der Waals surface area contributed by atoms with E-state index in [0.717, 1.165) is 25.8 Å². The fraction of sp³-hybridized carbons (Fsp3) is 0.750. The number of allylic oxidation sites excluding steroid dienone is 1. The minimum absolute atomic E-state index is 0.477. The molecule has 4 nitrogen and oxygen atoms in total. The summed E-state index contributed by atoms with van der Waals surface area (Å²) in [5.74, 6) is 0.525. The second-order valence-electron chi connectivity index (χ2n) is 2.85. The van der Waals surface area contributed by atoms with Crippen molar-refractivity contribution in [3.05, 3.63) is 12.2 Å². The van der Waals surface area contributed by atoms with Gasteiger partial charge in [0.1, 0.15) is 0 Å². The molecule has 0 aromatic rings. The SMILES string of the molecule is CS(=O)(=O)NCCCNC/C=C/CCl. The number of hydrogen-bond donors (Lipinski definition) is 2. The average Bonchev–Trinajstić information content (AvgIpc) is 2.08. The molecule has 0 aromatic heterocycles. The summed E-state index contributed by atoms with van der Waals surface area (Å²) in [6.45, 7) is 2.03. The molecule has 0 spiro atoms. The molecular weight excluding hydrogens is 224 g/mol. The van der Waals surface area contributed by atoms with Gasteiger partial charge in [-0.25, -0.2) is 13.1 Å². The fourth-order valence-corrected chi connectivity index (χ4v) is 1.44.